The average Bonchev–Trinajstić information content (AvgIpc) is 2.37. The zero-order valence-corrected chi connectivity index (χ0v) is 10.7. The van der Waals surface area contributed by atoms with Crippen LogP contribution in [0.15, 0.2) is 24.3 Å². The van der Waals surface area contributed by atoms with Gasteiger partial charge in [-0.3, -0.25) is 9.59 Å². The van der Waals surface area contributed by atoms with Crippen molar-refractivity contribution in [3.05, 3.63) is 29.8 Å². The van der Waals surface area contributed by atoms with Gasteiger partial charge in [0.2, 0.25) is 5.91 Å². The number of carbonyl (C=O) groups excluding carboxylic acids is 2. The Morgan fingerprint density at radius 2 is 1.86 bits per heavy atom. The molecular formula is C12H13N3O6. The lowest BCUT2D eigenvalue weighted by atomic mass is 10.2. The van der Waals surface area contributed by atoms with E-state index >= 15 is 0 Å². The van der Waals surface area contributed by atoms with Gasteiger partial charge in [-0.15, -0.1) is 0 Å². The number of benzene rings is 1. The molecule has 0 aliphatic rings. The van der Waals surface area contributed by atoms with E-state index in [4.69, 9.17) is 15.9 Å². The van der Waals surface area contributed by atoms with Crippen molar-refractivity contribution in [2.75, 3.05) is 5.32 Å². The Morgan fingerprint density at radius 3 is 2.38 bits per heavy atom. The molecule has 0 bridgehead atoms. The molecule has 0 spiro atoms. The van der Waals surface area contributed by atoms with Crippen LogP contribution in [0.25, 0.3) is 0 Å². The van der Waals surface area contributed by atoms with Gasteiger partial charge in [0.05, 0.1) is 6.42 Å². The van der Waals surface area contributed by atoms with Gasteiger partial charge < -0.3 is 26.6 Å². The molecule has 1 aromatic rings. The van der Waals surface area contributed by atoms with Gasteiger partial charge in [-0.25, -0.2) is 9.59 Å². The average molecular weight is 295 g/mol. The van der Waals surface area contributed by atoms with Crippen molar-refractivity contribution in [2.24, 2.45) is 5.73 Å². The second-order valence-corrected chi connectivity index (χ2v) is 4.03. The minimum atomic E-state index is -1.57. The summed E-state index contributed by atoms with van der Waals surface area (Å²) in [7, 11) is 0. The number of hydrogen-bond donors (Lipinski definition) is 5. The molecule has 0 fully saturated rings. The van der Waals surface area contributed by atoms with Crippen LogP contribution in [0.2, 0.25) is 0 Å². The Hall–Kier alpha value is -3.10. The SMILES string of the molecule is NC(=O)c1cccc(NC(=O)N[C@@H](CC(=O)O)C(=O)O)c1. The first-order valence-corrected chi connectivity index (χ1v) is 5.71. The number of primary amides is 1. The molecule has 21 heavy (non-hydrogen) atoms. The fourth-order valence-electron chi connectivity index (χ4n) is 1.45. The number of carbonyl (C=O) groups is 4. The molecule has 0 aliphatic heterocycles. The van der Waals surface area contributed by atoms with E-state index in [1.807, 2.05) is 5.32 Å². The quantitative estimate of drug-likeness (QED) is 0.490. The first-order valence-electron chi connectivity index (χ1n) is 5.71. The second kappa shape index (κ2) is 6.89. The summed E-state index contributed by atoms with van der Waals surface area (Å²) >= 11 is 0. The summed E-state index contributed by atoms with van der Waals surface area (Å²) in [4.78, 5) is 43.9. The van der Waals surface area contributed by atoms with E-state index in [-0.39, 0.29) is 11.3 Å². The van der Waals surface area contributed by atoms with Crippen LogP contribution in [0.4, 0.5) is 10.5 Å². The Bertz CT molecular complexity index is 586. The Balaban J connectivity index is 2.72. The van der Waals surface area contributed by atoms with Gasteiger partial charge in [0.25, 0.3) is 0 Å². The molecule has 0 aromatic heterocycles. The molecule has 9 heteroatoms. The van der Waals surface area contributed by atoms with E-state index in [2.05, 4.69) is 5.32 Å². The number of aliphatic carboxylic acids is 2. The van der Waals surface area contributed by atoms with Gasteiger partial charge in [0.1, 0.15) is 6.04 Å². The molecule has 6 N–H and O–H groups in total. The summed E-state index contributed by atoms with van der Waals surface area (Å²) in [6.45, 7) is 0. The largest absolute Gasteiger partial charge is 0.481 e. The number of amides is 3. The molecular weight excluding hydrogens is 282 g/mol. The molecule has 1 atom stereocenters. The monoisotopic (exact) mass is 295 g/mol. The number of carboxylic acids is 2. The number of carboxylic acid groups (broad SMARTS) is 2. The summed E-state index contributed by atoms with van der Waals surface area (Å²) in [6.07, 6.45) is -0.760. The third kappa shape index (κ3) is 5.19. The highest BCUT2D eigenvalue weighted by molar-refractivity contribution is 5.97. The number of nitrogens with one attached hydrogen (secondary N) is 2. The summed E-state index contributed by atoms with van der Waals surface area (Å²) in [6, 6.07) is 3.19. The van der Waals surface area contributed by atoms with E-state index < -0.39 is 36.3 Å². The molecule has 9 nitrogen and oxygen atoms in total. The fraction of sp³-hybridized carbons (Fsp3) is 0.167. The zero-order valence-electron chi connectivity index (χ0n) is 10.7. The van der Waals surface area contributed by atoms with E-state index in [9.17, 15) is 19.2 Å². The van der Waals surface area contributed by atoms with Crippen molar-refractivity contribution in [3.63, 3.8) is 0 Å². The van der Waals surface area contributed by atoms with Gasteiger partial charge in [0, 0.05) is 11.3 Å². The van der Waals surface area contributed by atoms with Gasteiger partial charge in [-0.1, -0.05) is 6.07 Å². The maximum Gasteiger partial charge on any atom is 0.326 e. The van der Waals surface area contributed by atoms with Crippen molar-refractivity contribution in [3.8, 4) is 0 Å². The van der Waals surface area contributed by atoms with E-state index in [0.29, 0.717) is 0 Å². The van der Waals surface area contributed by atoms with Crippen LogP contribution >= 0.6 is 0 Å². The van der Waals surface area contributed by atoms with Crippen LogP contribution in [-0.4, -0.2) is 40.1 Å². The first kappa shape index (κ1) is 16.0. The van der Waals surface area contributed by atoms with E-state index in [0.717, 1.165) is 0 Å². The molecule has 0 unspecified atom stereocenters. The Kier molecular flexibility index (Phi) is 5.24. The normalized spacial score (nSPS) is 11.2. The van der Waals surface area contributed by atoms with Gasteiger partial charge in [-0.05, 0) is 18.2 Å². The standard InChI is InChI=1S/C12H13N3O6/c13-10(18)6-2-1-3-7(4-6)14-12(21)15-8(11(19)20)5-9(16)17/h1-4,8H,5H2,(H2,13,18)(H,16,17)(H,19,20)(H2,14,15,21)/t8-/m0/s1. The van der Waals surface area contributed by atoms with E-state index in [1.54, 1.807) is 0 Å². The summed E-state index contributed by atoms with van der Waals surface area (Å²) < 4.78 is 0. The second-order valence-electron chi connectivity index (χ2n) is 4.03. The van der Waals surface area contributed by atoms with Crippen molar-refractivity contribution >= 4 is 29.6 Å². The minimum Gasteiger partial charge on any atom is -0.481 e. The molecule has 0 saturated heterocycles. The Morgan fingerprint density at radius 1 is 1.19 bits per heavy atom. The van der Waals surface area contributed by atoms with Crippen LogP contribution in [0.5, 0.6) is 0 Å². The van der Waals surface area contributed by atoms with Crippen LogP contribution in [-0.2, 0) is 9.59 Å². The Labute approximate surface area is 118 Å². The highest BCUT2D eigenvalue weighted by atomic mass is 16.4. The van der Waals surface area contributed by atoms with Crippen molar-refractivity contribution in [2.45, 2.75) is 12.5 Å². The lowest BCUT2D eigenvalue weighted by Gasteiger charge is -2.13. The highest BCUT2D eigenvalue weighted by Gasteiger charge is 2.23. The lowest BCUT2D eigenvalue weighted by Crippen LogP contribution is -2.44. The summed E-state index contributed by atoms with van der Waals surface area (Å²) in [5.41, 5.74) is 5.45. The third-order valence-electron chi connectivity index (χ3n) is 2.39. The highest BCUT2D eigenvalue weighted by Crippen LogP contribution is 2.10. The van der Waals surface area contributed by atoms with Crippen molar-refractivity contribution in [1.29, 1.82) is 0 Å². The number of anilines is 1. The maximum absolute atomic E-state index is 11.6. The molecule has 3 amide bonds. The molecule has 1 aromatic carbocycles. The predicted molar refractivity (Wildman–Crippen MR) is 70.8 cm³/mol. The molecule has 0 aliphatic carbocycles. The van der Waals surface area contributed by atoms with Crippen LogP contribution in [0.3, 0.4) is 0 Å². The minimum absolute atomic E-state index is 0.160. The topological polar surface area (TPSA) is 159 Å². The number of urea groups is 1. The van der Waals surface area contributed by atoms with Gasteiger partial charge >= 0.3 is 18.0 Å². The van der Waals surface area contributed by atoms with Gasteiger partial charge in [-0.2, -0.15) is 0 Å². The van der Waals surface area contributed by atoms with Crippen molar-refractivity contribution < 1.29 is 29.4 Å². The van der Waals surface area contributed by atoms with Crippen LogP contribution in [0.1, 0.15) is 16.8 Å². The van der Waals surface area contributed by atoms with Crippen LogP contribution in [0, 0.1) is 0 Å². The smallest absolute Gasteiger partial charge is 0.326 e. The van der Waals surface area contributed by atoms with Gasteiger partial charge in [0.15, 0.2) is 0 Å². The maximum atomic E-state index is 11.6. The molecule has 0 saturated carbocycles. The molecule has 112 valence electrons. The number of rotatable bonds is 6. The molecule has 0 heterocycles. The van der Waals surface area contributed by atoms with Crippen LogP contribution < -0.4 is 16.4 Å². The third-order valence-corrected chi connectivity index (χ3v) is 2.39. The fourth-order valence-corrected chi connectivity index (χ4v) is 1.45. The number of nitrogens with two attached hydrogens (primary N) is 1. The van der Waals surface area contributed by atoms with Crippen molar-refractivity contribution in [1.82, 2.24) is 5.32 Å². The molecule has 1 rings (SSSR count). The molecule has 0 radical (unpaired) electrons. The summed E-state index contributed by atoms with van der Waals surface area (Å²) in [5.74, 6) is -3.52. The summed E-state index contributed by atoms with van der Waals surface area (Å²) in [5, 5.41) is 21.6. The predicted octanol–water partition coefficient (Wildman–Crippen LogP) is -0.165. The van der Waals surface area contributed by atoms with E-state index in [1.165, 1.54) is 24.3 Å². The lowest BCUT2D eigenvalue weighted by molar-refractivity contribution is -0.145. The number of hydrogen-bond acceptors (Lipinski definition) is 4. The zero-order chi connectivity index (χ0) is 16.0. The first-order chi connectivity index (χ1) is 9.79.